The van der Waals surface area contributed by atoms with Crippen LogP contribution >= 0.6 is 0 Å². The summed E-state index contributed by atoms with van der Waals surface area (Å²) in [5.74, 6) is 1.61. The highest BCUT2D eigenvalue weighted by atomic mass is 16.3. The average molecular weight is 152 g/mol. The van der Waals surface area contributed by atoms with E-state index in [1.54, 1.807) is 0 Å². The van der Waals surface area contributed by atoms with Crippen LogP contribution in [0.5, 0.6) is 0 Å². The normalized spacial score (nSPS) is 51.5. The fourth-order valence-corrected chi connectivity index (χ4v) is 3.83. The Hall–Kier alpha value is -0.0400. The van der Waals surface area contributed by atoms with Crippen molar-refractivity contribution in [3.63, 3.8) is 0 Å². The Morgan fingerprint density at radius 2 is 2.00 bits per heavy atom. The standard InChI is InChI=1S/C10H16O/c11-9-7-2-3-8(6-7)10(9)4-1-5-10/h7-9,11H,1-6H2/t7-,8+,9+/m1/s1. The van der Waals surface area contributed by atoms with E-state index in [1.165, 1.54) is 38.5 Å². The lowest BCUT2D eigenvalue weighted by Crippen LogP contribution is -2.45. The Morgan fingerprint density at radius 1 is 1.18 bits per heavy atom. The van der Waals surface area contributed by atoms with Gasteiger partial charge in [-0.2, -0.15) is 0 Å². The Kier molecular flexibility index (Phi) is 1.07. The molecule has 1 N–H and O–H groups in total. The number of hydrogen-bond acceptors (Lipinski definition) is 1. The zero-order valence-corrected chi connectivity index (χ0v) is 6.92. The van der Waals surface area contributed by atoms with Crippen molar-refractivity contribution in [2.45, 2.75) is 44.6 Å². The van der Waals surface area contributed by atoms with Gasteiger partial charge in [0.15, 0.2) is 0 Å². The molecule has 3 aliphatic carbocycles. The lowest BCUT2D eigenvalue weighted by atomic mass is 9.58. The lowest BCUT2D eigenvalue weighted by Gasteiger charge is -2.48. The summed E-state index contributed by atoms with van der Waals surface area (Å²) >= 11 is 0. The number of aliphatic hydroxyl groups is 1. The molecule has 0 amide bonds. The van der Waals surface area contributed by atoms with Gasteiger partial charge in [-0.25, -0.2) is 0 Å². The molecule has 1 spiro atoms. The highest BCUT2D eigenvalue weighted by molar-refractivity contribution is 5.09. The van der Waals surface area contributed by atoms with Gasteiger partial charge < -0.3 is 5.11 Å². The van der Waals surface area contributed by atoms with Crippen molar-refractivity contribution < 1.29 is 5.11 Å². The molecule has 1 heteroatoms. The highest BCUT2D eigenvalue weighted by Crippen LogP contribution is 2.64. The number of aliphatic hydroxyl groups excluding tert-OH is 1. The van der Waals surface area contributed by atoms with Crippen molar-refractivity contribution in [3.05, 3.63) is 0 Å². The maximum Gasteiger partial charge on any atom is 0.0627 e. The fourth-order valence-electron chi connectivity index (χ4n) is 3.83. The first-order valence-corrected chi connectivity index (χ1v) is 5.01. The van der Waals surface area contributed by atoms with Gasteiger partial charge in [-0.3, -0.25) is 0 Å². The first-order chi connectivity index (χ1) is 5.33. The van der Waals surface area contributed by atoms with Gasteiger partial charge in [0, 0.05) is 0 Å². The van der Waals surface area contributed by atoms with Crippen LogP contribution in [0.2, 0.25) is 0 Å². The summed E-state index contributed by atoms with van der Waals surface area (Å²) in [6.07, 6.45) is 8.21. The molecule has 0 aromatic carbocycles. The fraction of sp³-hybridized carbons (Fsp3) is 1.00. The summed E-state index contributed by atoms with van der Waals surface area (Å²) in [6.45, 7) is 0. The molecule has 11 heavy (non-hydrogen) atoms. The third-order valence-corrected chi connectivity index (χ3v) is 4.61. The number of hydrogen-bond donors (Lipinski definition) is 1. The van der Waals surface area contributed by atoms with Crippen molar-refractivity contribution in [1.82, 2.24) is 0 Å². The Labute approximate surface area is 67.8 Å². The van der Waals surface area contributed by atoms with Gasteiger partial charge in [0.25, 0.3) is 0 Å². The van der Waals surface area contributed by atoms with Gasteiger partial charge >= 0.3 is 0 Å². The predicted molar refractivity (Wildman–Crippen MR) is 43.1 cm³/mol. The molecule has 0 unspecified atom stereocenters. The maximum atomic E-state index is 9.99. The molecule has 62 valence electrons. The number of rotatable bonds is 0. The molecule has 3 atom stereocenters. The van der Waals surface area contributed by atoms with Crippen LogP contribution in [0.15, 0.2) is 0 Å². The molecule has 3 rings (SSSR count). The predicted octanol–water partition coefficient (Wildman–Crippen LogP) is 1.95. The molecule has 0 aromatic rings. The van der Waals surface area contributed by atoms with Crippen molar-refractivity contribution in [3.8, 4) is 0 Å². The number of fused-ring (bicyclic) bond motifs is 3. The van der Waals surface area contributed by atoms with E-state index in [0.29, 0.717) is 11.3 Å². The summed E-state index contributed by atoms with van der Waals surface area (Å²) in [5, 5.41) is 9.99. The summed E-state index contributed by atoms with van der Waals surface area (Å²) in [4.78, 5) is 0. The quantitative estimate of drug-likeness (QED) is 0.562. The monoisotopic (exact) mass is 152 g/mol. The molecule has 3 aliphatic rings. The van der Waals surface area contributed by atoms with E-state index in [-0.39, 0.29) is 6.10 Å². The third kappa shape index (κ3) is 0.581. The second kappa shape index (κ2) is 1.82. The van der Waals surface area contributed by atoms with E-state index >= 15 is 0 Å². The van der Waals surface area contributed by atoms with Gasteiger partial charge in [-0.15, -0.1) is 0 Å². The molecule has 2 bridgehead atoms. The molecule has 3 fully saturated rings. The van der Waals surface area contributed by atoms with Crippen molar-refractivity contribution in [2.24, 2.45) is 17.3 Å². The van der Waals surface area contributed by atoms with Crippen molar-refractivity contribution >= 4 is 0 Å². The molecule has 0 aromatic heterocycles. The summed E-state index contributed by atoms with van der Waals surface area (Å²) in [7, 11) is 0. The van der Waals surface area contributed by atoms with Crippen LogP contribution in [0.25, 0.3) is 0 Å². The SMILES string of the molecule is O[C@H]1[C@@H]2CC[C@@H](C2)C12CCC2. The average Bonchev–Trinajstić information content (AvgIpc) is 2.41. The van der Waals surface area contributed by atoms with E-state index in [1.807, 2.05) is 0 Å². The Balaban J connectivity index is 1.94. The van der Waals surface area contributed by atoms with Crippen LogP contribution in [-0.4, -0.2) is 11.2 Å². The minimum Gasteiger partial charge on any atom is -0.392 e. The van der Waals surface area contributed by atoms with Crippen LogP contribution in [0.1, 0.15) is 38.5 Å². The van der Waals surface area contributed by atoms with Gasteiger partial charge in [-0.1, -0.05) is 6.42 Å². The van der Waals surface area contributed by atoms with E-state index in [0.717, 1.165) is 5.92 Å². The molecular formula is C10H16O. The molecule has 0 aliphatic heterocycles. The third-order valence-electron chi connectivity index (χ3n) is 4.61. The van der Waals surface area contributed by atoms with Crippen LogP contribution < -0.4 is 0 Å². The van der Waals surface area contributed by atoms with Gasteiger partial charge in [-0.05, 0) is 49.4 Å². The zero-order valence-electron chi connectivity index (χ0n) is 6.92. The Morgan fingerprint density at radius 3 is 2.36 bits per heavy atom. The van der Waals surface area contributed by atoms with Gasteiger partial charge in [0.05, 0.1) is 6.10 Å². The molecule has 1 nitrogen and oxygen atoms in total. The molecule has 0 saturated heterocycles. The van der Waals surface area contributed by atoms with Crippen LogP contribution in [0, 0.1) is 17.3 Å². The summed E-state index contributed by atoms with van der Waals surface area (Å²) in [5.41, 5.74) is 0.447. The van der Waals surface area contributed by atoms with Gasteiger partial charge in [0.2, 0.25) is 0 Å². The van der Waals surface area contributed by atoms with E-state index in [9.17, 15) is 5.11 Å². The second-order valence-electron chi connectivity index (χ2n) is 4.80. The second-order valence-corrected chi connectivity index (χ2v) is 4.80. The maximum absolute atomic E-state index is 9.99. The first-order valence-electron chi connectivity index (χ1n) is 5.01. The summed E-state index contributed by atoms with van der Waals surface area (Å²) in [6, 6.07) is 0. The smallest absolute Gasteiger partial charge is 0.0627 e. The highest BCUT2D eigenvalue weighted by Gasteiger charge is 2.59. The minimum atomic E-state index is 0.0926. The van der Waals surface area contributed by atoms with Crippen molar-refractivity contribution in [1.29, 1.82) is 0 Å². The largest absolute Gasteiger partial charge is 0.392 e. The van der Waals surface area contributed by atoms with E-state index in [4.69, 9.17) is 0 Å². The minimum absolute atomic E-state index is 0.0926. The van der Waals surface area contributed by atoms with Crippen LogP contribution in [-0.2, 0) is 0 Å². The summed E-state index contributed by atoms with van der Waals surface area (Å²) < 4.78 is 0. The molecule has 3 saturated carbocycles. The van der Waals surface area contributed by atoms with Crippen LogP contribution in [0.3, 0.4) is 0 Å². The van der Waals surface area contributed by atoms with E-state index < -0.39 is 0 Å². The lowest BCUT2D eigenvalue weighted by molar-refractivity contribution is -0.0735. The first kappa shape index (κ1) is 6.47. The topological polar surface area (TPSA) is 20.2 Å². The van der Waals surface area contributed by atoms with Gasteiger partial charge in [0.1, 0.15) is 0 Å². The van der Waals surface area contributed by atoms with Crippen molar-refractivity contribution in [2.75, 3.05) is 0 Å². The van der Waals surface area contributed by atoms with Crippen LogP contribution in [0.4, 0.5) is 0 Å². The molecule has 0 heterocycles. The Bertz CT molecular complexity index is 179. The molecule has 0 radical (unpaired) electrons. The molecular weight excluding hydrogens is 136 g/mol. The van der Waals surface area contributed by atoms with E-state index in [2.05, 4.69) is 0 Å². The zero-order chi connectivity index (χ0) is 7.47.